The number of ether oxygens (including phenoxy) is 1. The van der Waals surface area contributed by atoms with Crippen molar-refractivity contribution in [2.45, 2.75) is 6.42 Å². The second kappa shape index (κ2) is 5.09. The molecule has 0 N–H and O–H groups in total. The van der Waals surface area contributed by atoms with E-state index in [1.807, 2.05) is 30.3 Å². The fraction of sp³-hybridized carbons (Fsp3) is 0.200. The summed E-state index contributed by atoms with van der Waals surface area (Å²) < 4.78 is 4.46. The topological polar surface area (TPSA) is 38.7 Å². The quantitative estimate of drug-likeness (QED) is 0.523. The van der Waals surface area contributed by atoms with E-state index >= 15 is 0 Å². The van der Waals surface area contributed by atoms with Crippen molar-refractivity contribution in [1.82, 2.24) is 0 Å². The summed E-state index contributed by atoms with van der Waals surface area (Å²) in [4.78, 5) is 14.8. The van der Waals surface area contributed by atoms with Gasteiger partial charge in [-0.3, -0.25) is 9.79 Å². The van der Waals surface area contributed by atoms with E-state index in [0.717, 1.165) is 5.69 Å². The second-order valence-corrected chi connectivity index (χ2v) is 2.43. The zero-order chi connectivity index (χ0) is 9.52. The number of carbonyl (C=O) groups is 1. The molecule has 0 fully saturated rings. The summed E-state index contributed by atoms with van der Waals surface area (Å²) in [5.41, 5.74) is 0.839. The highest BCUT2D eigenvalue weighted by Gasteiger charge is 1.94. The average Bonchev–Trinajstić information content (AvgIpc) is 2.19. The summed E-state index contributed by atoms with van der Waals surface area (Å²) in [5, 5.41) is 0. The molecule has 0 aromatic heterocycles. The molecule has 68 valence electrons. The lowest BCUT2D eigenvalue weighted by molar-refractivity contribution is -0.139. The van der Waals surface area contributed by atoms with Crippen molar-refractivity contribution in [3.63, 3.8) is 0 Å². The van der Waals surface area contributed by atoms with Crippen LogP contribution < -0.4 is 0 Å². The Kier molecular flexibility index (Phi) is 3.70. The number of para-hydroxylation sites is 1. The molecule has 0 heterocycles. The Labute approximate surface area is 77.1 Å². The number of hydrogen-bond donors (Lipinski definition) is 0. The maximum Gasteiger partial charge on any atom is 0.310 e. The lowest BCUT2D eigenvalue weighted by Crippen LogP contribution is -1.99. The van der Waals surface area contributed by atoms with Gasteiger partial charge in [0.2, 0.25) is 0 Å². The van der Waals surface area contributed by atoms with Crippen LogP contribution in [0.25, 0.3) is 0 Å². The first kappa shape index (κ1) is 9.45. The van der Waals surface area contributed by atoms with Gasteiger partial charge in [-0.1, -0.05) is 18.2 Å². The van der Waals surface area contributed by atoms with Gasteiger partial charge in [0.15, 0.2) is 0 Å². The molecular formula is C10H11NO2. The first-order chi connectivity index (χ1) is 6.33. The van der Waals surface area contributed by atoms with Crippen molar-refractivity contribution < 1.29 is 9.53 Å². The van der Waals surface area contributed by atoms with Gasteiger partial charge in [-0.25, -0.2) is 0 Å². The molecule has 3 heteroatoms. The van der Waals surface area contributed by atoms with Gasteiger partial charge in [-0.15, -0.1) is 0 Å². The zero-order valence-electron chi connectivity index (χ0n) is 7.43. The van der Waals surface area contributed by atoms with Crippen molar-refractivity contribution in [3.8, 4) is 0 Å². The zero-order valence-corrected chi connectivity index (χ0v) is 7.43. The van der Waals surface area contributed by atoms with Crippen molar-refractivity contribution in [2.75, 3.05) is 7.11 Å². The van der Waals surface area contributed by atoms with E-state index in [4.69, 9.17) is 0 Å². The van der Waals surface area contributed by atoms with E-state index in [1.165, 1.54) is 7.11 Å². The van der Waals surface area contributed by atoms with Crippen LogP contribution in [0.4, 0.5) is 5.69 Å². The van der Waals surface area contributed by atoms with Crippen LogP contribution in [0.2, 0.25) is 0 Å². The normalized spacial score (nSPS) is 10.2. The Morgan fingerprint density at radius 3 is 2.77 bits per heavy atom. The molecule has 0 saturated heterocycles. The minimum Gasteiger partial charge on any atom is -0.469 e. The van der Waals surface area contributed by atoms with Crippen LogP contribution in [-0.4, -0.2) is 19.3 Å². The van der Waals surface area contributed by atoms with Crippen molar-refractivity contribution >= 4 is 17.9 Å². The number of nitrogens with zero attached hydrogens (tertiary/aromatic N) is 1. The van der Waals surface area contributed by atoms with Crippen LogP contribution in [0, 0.1) is 0 Å². The molecule has 0 atom stereocenters. The molecule has 0 spiro atoms. The second-order valence-electron chi connectivity index (χ2n) is 2.43. The van der Waals surface area contributed by atoms with E-state index in [0.29, 0.717) is 0 Å². The SMILES string of the molecule is COC(=O)CC=Nc1ccccc1. The average molecular weight is 177 g/mol. The van der Waals surface area contributed by atoms with Crippen LogP contribution >= 0.6 is 0 Å². The van der Waals surface area contributed by atoms with Gasteiger partial charge in [-0.05, 0) is 12.1 Å². The molecule has 0 aliphatic carbocycles. The van der Waals surface area contributed by atoms with E-state index in [-0.39, 0.29) is 12.4 Å². The summed E-state index contributed by atoms with van der Waals surface area (Å²) >= 11 is 0. The van der Waals surface area contributed by atoms with Crippen LogP contribution in [0.1, 0.15) is 6.42 Å². The van der Waals surface area contributed by atoms with Gasteiger partial charge in [0.05, 0.1) is 19.2 Å². The van der Waals surface area contributed by atoms with Crippen LogP contribution in [0.5, 0.6) is 0 Å². The van der Waals surface area contributed by atoms with Crippen molar-refractivity contribution in [2.24, 2.45) is 4.99 Å². The minimum absolute atomic E-state index is 0.214. The number of esters is 1. The van der Waals surface area contributed by atoms with E-state index in [2.05, 4.69) is 9.73 Å². The van der Waals surface area contributed by atoms with E-state index < -0.39 is 0 Å². The van der Waals surface area contributed by atoms with Gasteiger partial charge < -0.3 is 4.74 Å². The third kappa shape index (κ3) is 3.51. The fourth-order valence-electron chi connectivity index (χ4n) is 0.823. The predicted octanol–water partition coefficient (Wildman–Crippen LogP) is 1.95. The Hall–Kier alpha value is -1.64. The van der Waals surface area contributed by atoms with Crippen LogP contribution in [-0.2, 0) is 9.53 Å². The molecule has 0 aliphatic rings. The van der Waals surface area contributed by atoms with Gasteiger partial charge in [0.25, 0.3) is 0 Å². The maximum atomic E-state index is 10.7. The highest BCUT2D eigenvalue weighted by Crippen LogP contribution is 2.08. The molecule has 0 radical (unpaired) electrons. The van der Waals surface area contributed by atoms with Crippen molar-refractivity contribution in [1.29, 1.82) is 0 Å². The number of methoxy groups -OCH3 is 1. The summed E-state index contributed by atoms with van der Waals surface area (Å²) in [6.45, 7) is 0. The summed E-state index contributed by atoms with van der Waals surface area (Å²) in [5.74, 6) is -0.278. The number of carbonyl (C=O) groups excluding carboxylic acids is 1. The first-order valence-corrected chi connectivity index (χ1v) is 3.97. The lowest BCUT2D eigenvalue weighted by atomic mass is 10.3. The summed E-state index contributed by atoms with van der Waals surface area (Å²) in [6.07, 6.45) is 1.76. The standard InChI is InChI=1S/C10H11NO2/c1-13-10(12)7-8-11-9-5-3-2-4-6-9/h2-6,8H,7H2,1H3. The first-order valence-electron chi connectivity index (χ1n) is 3.97. The lowest BCUT2D eigenvalue weighted by Gasteiger charge is -1.92. The molecule has 0 amide bonds. The highest BCUT2D eigenvalue weighted by molar-refractivity contribution is 5.86. The Bertz CT molecular complexity index is 293. The summed E-state index contributed by atoms with van der Waals surface area (Å²) in [7, 11) is 1.36. The molecule has 3 nitrogen and oxygen atoms in total. The third-order valence-electron chi connectivity index (χ3n) is 1.48. The molecule has 0 aliphatic heterocycles. The maximum absolute atomic E-state index is 10.7. The van der Waals surface area contributed by atoms with Gasteiger partial charge >= 0.3 is 5.97 Å². The number of hydrogen-bond acceptors (Lipinski definition) is 3. The number of rotatable bonds is 3. The van der Waals surface area contributed by atoms with Crippen LogP contribution in [0.15, 0.2) is 35.3 Å². The Morgan fingerprint density at radius 2 is 2.15 bits per heavy atom. The van der Waals surface area contributed by atoms with Crippen LogP contribution in [0.3, 0.4) is 0 Å². The molecule has 0 unspecified atom stereocenters. The molecule has 0 bridgehead atoms. The van der Waals surface area contributed by atoms with Gasteiger partial charge in [0, 0.05) is 6.21 Å². The summed E-state index contributed by atoms with van der Waals surface area (Å²) in [6, 6.07) is 9.44. The molecular weight excluding hydrogens is 166 g/mol. The molecule has 1 rings (SSSR count). The molecule has 13 heavy (non-hydrogen) atoms. The predicted molar refractivity (Wildman–Crippen MR) is 51.2 cm³/mol. The minimum atomic E-state index is -0.278. The van der Waals surface area contributed by atoms with E-state index in [1.54, 1.807) is 6.21 Å². The smallest absolute Gasteiger partial charge is 0.310 e. The van der Waals surface area contributed by atoms with Crippen molar-refractivity contribution in [3.05, 3.63) is 30.3 Å². The third-order valence-corrected chi connectivity index (χ3v) is 1.48. The largest absolute Gasteiger partial charge is 0.469 e. The molecule has 1 aromatic carbocycles. The molecule has 0 saturated carbocycles. The monoisotopic (exact) mass is 177 g/mol. The number of benzene rings is 1. The fourth-order valence-corrected chi connectivity index (χ4v) is 0.823. The van der Waals surface area contributed by atoms with E-state index in [9.17, 15) is 4.79 Å². The van der Waals surface area contributed by atoms with Gasteiger partial charge in [-0.2, -0.15) is 0 Å². The van der Waals surface area contributed by atoms with Gasteiger partial charge in [0.1, 0.15) is 0 Å². The molecule has 1 aromatic rings. The highest BCUT2D eigenvalue weighted by atomic mass is 16.5. The Morgan fingerprint density at radius 1 is 1.46 bits per heavy atom. The Balaban J connectivity index is 2.45. The number of aliphatic imine (C=N–C) groups is 1.